The van der Waals surface area contributed by atoms with Crippen LogP contribution in [0.5, 0.6) is 0 Å². The minimum Gasteiger partial charge on any atom is -0.237 e. The second kappa shape index (κ2) is 4.11. The van der Waals surface area contributed by atoms with Gasteiger partial charge in [-0.2, -0.15) is 10.4 Å². The zero-order chi connectivity index (χ0) is 12.4. The van der Waals surface area contributed by atoms with Gasteiger partial charge in [0.1, 0.15) is 5.82 Å². The van der Waals surface area contributed by atoms with E-state index in [-0.39, 0.29) is 5.56 Å². The fraction of sp³-hybridized carbons (Fsp3) is 0.0769. The molecule has 3 nitrogen and oxygen atoms in total. The lowest BCUT2D eigenvalue weighted by Gasteiger charge is -2.05. The quantitative estimate of drug-likeness (QED) is 0.698. The average molecular weight is 225 g/mol. The summed E-state index contributed by atoms with van der Waals surface area (Å²) < 4.78 is 14.8. The molecule has 4 heteroatoms. The number of halogens is 1. The highest BCUT2D eigenvalue weighted by Gasteiger charge is 2.08. The van der Waals surface area contributed by atoms with Crippen LogP contribution in [0.25, 0.3) is 5.69 Å². The number of aromatic nitrogens is 2. The minimum absolute atomic E-state index is 0.247. The Morgan fingerprint density at radius 3 is 2.76 bits per heavy atom. The largest absolute Gasteiger partial charge is 0.237 e. The van der Waals surface area contributed by atoms with E-state index in [9.17, 15) is 4.39 Å². The molecule has 2 rings (SSSR count). The van der Waals surface area contributed by atoms with Gasteiger partial charge in [-0.3, -0.25) is 0 Å². The molecule has 1 heterocycles. The number of nitrogens with zero attached hydrogens (tertiary/aromatic N) is 3. The van der Waals surface area contributed by atoms with Crippen LogP contribution in [0.2, 0.25) is 0 Å². The van der Waals surface area contributed by atoms with E-state index in [4.69, 9.17) is 11.7 Å². The highest BCUT2D eigenvalue weighted by Crippen LogP contribution is 2.16. The lowest BCUT2D eigenvalue weighted by Crippen LogP contribution is -2.00. The SMILES string of the molecule is C#Cc1cnn(-c2cc(F)cc(C#N)c2)c1C. The van der Waals surface area contributed by atoms with Crippen molar-refractivity contribution in [2.24, 2.45) is 0 Å². The van der Waals surface area contributed by atoms with Crippen LogP contribution in [0, 0.1) is 36.4 Å². The maximum absolute atomic E-state index is 13.3. The van der Waals surface area contributed by atoms with Crippen molar-refractivity contribution in [2.75, 3.05) is 0 Å². The summed E-state index contributed by atoms with van der Waals surface area (Å²) in [6, 6.07) is 5.93. The van der Waals surface area contributed by atoms with E-state index in [1.54, 1.807) is 13.0 Å². The van der Waals surface area contributed by atoms with E-state index in [2.05, 4.69) is 11.0 Å². The van der Waals surface area contributed by atoms with Crippen molar-refractivity contribution >= 4 is 0 Å². The summed E-state index contributed by atoms with van der Waals surface area (Å²) in [5.74, 6) is 2.01. The van der Waals surface area contributed by atoms with Gasteiger partial charge in [-0.05, 0) is 25.1 Å². The van der Waals surface area contributed by atoms with Crippen LogP contribution in [0.3, 0.4) is 0 Å². The van der Waals surface area contributed by atoms with Crippen LogP contribution in [-0.4, -0.2) is 9.78 Å². The van der Waals surface area contributed by atoms with Crippen molar-refractivity contribution in [2.45, 2.75) is 6.92 Å². The third kappa shape index (κ3) is 1.89. The topological polar surface area (TPSA) is 41.6 Å². The number of hydrogen-bond acceptors (Lipinski definition) is 2. The van der Waals surface area contributed by atoms with Gasteiger partial charge in [0.05, 0.1) is 34.8 Å². The molecule has 0 atom stereocenters. The predicted octanol–water partition coefficient (Wildman–Crippen LogP) is 2.17. The van der Waals surface area contributed by atoms with Gasteiger partial charge in [0.15, 0.2) is 0 Å². The zero-order valence-corrected chi connectivity index (χ0v) is 9.11. The van der Waals surface area contributed by atoms with E-state index in [0.717, 1.165) is 5.69 Å². The molecule has 1 aromatic heterocycles. The number of hydrogen-bond donors (Lipinski definition) is 0. The monoisotopic (exact) mass is 225 g/mol. The van der Waals surface area contributed by atoms with Gasteiger partial charge in [-0.15, -0.1) is 6.42 Å². The van der Waals surface area contributed by atoms with Crippen LogP contribution in [0.1, 0.15) is 16.8 Å². The molecule has 2 aromatic rings. The predicted molar refractivity (Wildman–Crippen MR) is 60.9 cm³/mol. The maximum atomic E-state index is 13.3. The van der Waals surface area contributed by atoms with Gasteiger partial charge >= 0.3 is 0 Å². The Balaban J connectivity index is 2.62. The molecular weight excluding hydrogens is 217 g/mol. The first kappa shape index (κ1) is 10.9. The third-order valence-electron chi connectivity index (χ3n) is 2.42. The average Bonchev–Trinajstić information content (AvgIpc) is 2.69. The van der Waals surface area contributed by atoms with Crippen molar-refractivity contribution < 1.29 is 4.39 Å². The third-order valence-corrected chi connectivity index (χ3v) is 2.42. The number of nitriles is 1. The molecule has 17 heavy (non-hydrogen) atoms. The molecule has 0 saturated carbocycles. The van der Waals surface area contributed by atoms with E-state index in [0.29, 0.717) is 11.3 Å². The molecule has 0 spiro atoms. The molecule has 1 aromatic carbocycles. The van der Waals surface area contributed by atoms with Crippen molar-refractivity contribution in [1.82, 2.24) is 9.78 Å². The molecule has 0 amide bonds. The number of benzene rings is 1. The van der Waals surface area contributed by atoms with E-state index in [1.165, 1.54) is 23.0 Å². The molecule has 0 saturated heterocycles. The second-order valence-corrected chi connectivity index (χ2v) is 3.51. The second-order valence-electron chi connectivity index (χ2n) is 3.51. The minimum atomic E-state index is -0.476. The molecule has 0 aliphatic carbocycles. The molecular formula is C13H8FN3. The molecule has 0 fully saturated rings. The van der Waals surface area contributed by atoms with E-state index in [1.807, 2.05) is 6.07 Å². The summed E-state index contributed by atoms with van der Waals surface area (Å²) in [6.45, 7) is 1.79. The summed E-state index contributed by atoms with van der Waals surface area (Å²) >= 11 is 0. The van der Waals surface area contributed by atoms with Gasteiger partial charge < -0.3 is 0 Å². The van der Waals surface area contributed by atoms with Crippen LogP contribution in [-0.2, 0) is 0 Å². The Morgan fingerprint density at radius 1 is 1.41 bits per heavy atom. The fourth-order valence-corrected chi connectivity index (χ4v) is 1.57. The van der Waals surface area contributed by atoms with Gasteiger partial charge in [0.25, 0.3) is 0 Å². The summed E-state index contributed by atoms with van der Waals surface area (Å²) in [5, 5.41) is 12.8. The summed E-state index contributed by atoms with van der Waals surface area (Å²) in [7, 11) is 0. The Bertz CT molecular complexity index is 656. The first-order valence-corrected chi connectivity index (χ1v) is 4.88. The van der Waals surface area contributed by atoms with Crippen molar-refractivity contribution in [3.63, 3.8) is 0 Å². The van der Waals surface area contributed by atoms with Crippen LogP contribution in [0.15, 0.2) is 24.4 Å². The molecule has 0 aliphatic heterocycles. The molecule has 0 aliphatic rings. The summed E-state index contributed by atoms with van der Waals surface area (Å²) in [6.07, 6.45) is 6.83. The lowest BCUT2D eigenvalue weighted by atomic mass is 10.2. The zero-order valence-electron chi connectivity index (χ0n) is 9.11. The first-order valence-electron chi connectivity index (χ1n) is 4.88. The maximum Gasteiger partial charge on any atom is 0.126 e. The molecule has 0 bridgehead atoms. The summed E-state index contributed by atoms with van der Waals surface area (Å²) in [5.41, 5.74) is 2.12. The fourth-order valence-electron chi connectivity index (χ4n) is 1.57. The van der Waals surface area contributed by atoms with Gasteiger partial charge in [-0.25, -0.2) is 9.07 Å². The number of terminal acetylenes is 1. The smallest absolute Gasteiger partial charge is 0.126 e. The Kier molecular flexibility index (Phi) is 2.64. The highest BCUT2D eigenvalue weighted by molar-refractivity contribution is 5.45. The van der Waals surface area contributed by atoms with Crippen LogP contribution in [0.4, 0.5) is 4.39 Å². The van der Waals surface area contributed by atoms with Crippen molar-refractivity contribution in [3.8, 4) is 24.1 Å². The first-order chi connectivity index (χ1) is 8.15. The highest BCUT2D eigenvalue weighted by atomic mass is 19.1. The molecule has 0 radical (unpaired) electrons. The molecule has 0 N–H and O–H groups in total. The van der Waals surface area contributed by atoms with Gasteiger partial charge in [-0.1, -0.05) is 5.92 Å². The Labute approximate surface area is 98.1 Å². The van der Waals surface area contributed by atoms with E-state index < -0.39 is 5.82 Å². The van der Waals surface area contributed by atoms with Crippen LogP contribution >= 0.6 is 0 Å². The molecule has 0 unspecified atom stereocenters. The molecule has 82 valence electrons. The Hall–Kier alpha value is -2.59. The van der Waals surface area contributed by atoms with Crippen LogP contribution < -0.4 is 0 Å². The van der Waals surface area contributed by atoms with Crippen molar-refractivity contribution in [3.05, 3.63) is 47.0 Å². The lowest BCUT2D eigenvalue weighted by molar-refractivity contribution is 0.624. The standard InChI is InChI=1S/C13H8FN3/c1-3-11-8-16-17(9(11)2)13-5-10(7-15)4-12(14)6-13/h1,4-6,8H,2H3. The van der Waals surface area contributed by atoms with E-state index >= 15 is 0 Å². The van der Waals surface area contributed by atoms with Crippen molar-refractivity contribution in [1.29, 1.82) is 5.26 Å². The summed E-state index contributed by atoms with van der Waals surface area (Å²) in [4.78, 5) is 0. The number of rotatable bonds is 1. The van der Waals surface area contributed by atoms with Gasteiger partial charge in [0, 0.05) is 0 Å². The Morgan fingerprint density at radius 2 is 2.18 bits per heavy atom. The normalized spacial score (nSPS) is 9.65. The van der Waals surface area contributed by atoms with Gasteiger partial charge in [0.2, 0.25) is 0 Å².